The normalized spacial score (nSPS) is 15.2. The van der Waals surface area contributed by atoms with Gasteiger partial charge in [0.05, 0.1) is 23.7 Å². The summed E-state index contributed by atoms with van der Waals surface area (Å²) in [5.41, 5.74) is 1.59. The lowest BCUT2D eigenvalue weighted by Crippen LogP contribution is -2.43. The molecule has 1 aliphatic heterocycles. The fraction of sp³-hybridized carbons (Fsp3) is 0.333. The quantitative estimate of drug-likeness (QED) is 0.692. The third-order valence-electron chi connectivity index (χ3n) is 5.31. The van der Waals surface area contributed by atoms with Gasteiger partial charge in [0.1, 0.15) is 5.82 Å². The number of amides is 1. The topological polar surface area (TPSA) is 98.9 Å². The highest BCUT2D eigenvalue weighted by Gasteiger charge is 2.21. The number of nitrogens with zero attached hydrogens (tertiary/aromatic N) is 5. The van der Waals surface area contributed by atoms with E-state index in [1.807, 2.05) is 41.1 Å². The van der Waals surface area contributed by atoms with Crippen molar-refractivity contribution in [2.45, 2.75) is 18.9 Å². The summed E-state index contributed by atoms with van der Waals surface area (Å²) < 4.78 is 1.97. The predicted molar refractivity (Wildman–Crippen MR) is 111 cm³/mol. The molecule has 148 valence electrons. The zero-order chi connectivity index (χ0) is 20.2. The van der Waals surface area contributed by atoms with Crippen LogP contribution >= 0.6 is 0 Å². The second-order valence-electron chi connectivity index (χ2n) is 7.14. The molecule has 29 heavy (non-hydrogen) atoms. The van der Waals surface area contributed by atoms with Crippen LogP contribution in [0.3, 0.4) is 0 Å². The maximum atomic E-state index is 11.5. The zero-order valence-electron chi connectivity index (χ0n) is 16.3. The van der Waals surface area contributed by atoms with Crippen molar-refractivity contribution in [3.8, 4) is 11.9 Å². The van der Waals surface area contributed by atoms with Crippen LogP contribution in [0.15, 0.2) is 42.7 Å². The number of anilines is 1. The standard InChI is InChI=1S/C21H23N7O/c1-23-20(29)14-27-10-6-16(7-11-27)25-21-24-9-5-19(26-21)28-12-8-17-15(13-22)3-2-4-18(17)28/h2-5,8-9,12,16H,6-7,10-11,14H2,1H3,(H,23,29)(H,24,25,26). The summed E-state index contributed by atoms with van der Waals surface area (Å²) in [5.74, 6) is 1.39. The van der Waals surface area contributed by atoms with Crippen LogP contribution in [0.4, 0.5) is 5.95 Å². The minimum Gasteiger partial charge on any atom is -0.358 e. The minimum absolute atomic E-state index is 0.0472. The third-order valence-corrected chi connectivity index (χ3v) is 5.31. The summed E-state index contributed by atoms with van der Waals surface area (Å²) in [7, 11) is 1.66. The number of hydrogen-bond acceptors (Lipinski definition) is 6. The first-order valence-corrected chi connectivity index (χ1v) is 9.71. The van der Waals surface area contributed by atoms with Gasteiger partial charge in [0.15, 0.2) is 0 Å². The molecule has 0 radical (unpaired) electrons. The highest BCUT2D eigenvalue weighted by Crippen LogP contribution is 2.23. The summed E-state index contributed by atoms with van der Waals surface area (Å²) in [4.78, 5) is 22.7. The number of nitriles is 1. The van der Waals surface area contributed by atoms with Crippen molar-refractivity contribution < 1.29 is 4.79 Å². The molecule has 0 aliphatic carbocycles. The van der Waals surface area contributed by atoms with Crippen LogP contribution in [-0.2, 0) is 4.79 Å². The lowest BCUT2D eigenvalue weighted by Gasteiger charge is -2.31. The van der Waals surface area contributed by atoms with Crippen LogP contribution in [0, 0.1) is 11.3 Å². The second-order valence-corrected chi connectivity index (χ2v) is 7.14. The van der Waals surface area contributed by atoms with Gasteiger partial charge in [0.2, 0.25) is 11.9 Å². The van der Waals surface area contributed by atoms with Gasteiger partial charge in [0.25, 0.3) is 0 Å². The Morgan fingerprint density at radius 3 is 2.86 bits per heavy atom. The predicted octanol–water partition coefficient (Wildman–Crippen LogP) is 1.91. The maximum absolute atomic E-state index is 11.5. The van der Waals surface area contributed by atoms with E-state index in [1.165, 1.54) is 0 Å². The number of carbonyl (C=O) groups is 1. The molecule has 8 nitrogen and oxygen atoms in total. The summed E-state index contributed by atoms with van der Waals surface area (Å²) >= 11 is 0. The van der Waals surface area contributed by atoms with E-state index in [0.717, 1.165) is 42.7 Å². The highest BCUT2D eigenvalue weighted by atomic mass is 16.1. The van der Waals surface area contributed by atoms with Gasteiger partial charge in [-0.25, -0.2) is 4.98 Å². The Balaban J connectivity index is 1.47. The largest absolute Gasteiger partial charge is 0.358 e. The Kier molecular flexibility index (Phi) is 5.40. The van der Waals surface area contributed by atoms with E-state index in [0.29, 0.717) is 18.1 Å². The second kappa shape index (κ2) is 8.29. The molecule has 8 heteroatoms. The molecule has 0 spiro atoms. The van der Waals surface area contributed by atoms with Crippen molar-refractivity contribution in [2.75, 3.05) is 32.0 Å². The fourth-order valence-electron chi connectivity index (χ4n) is 3.72. The van der Waals surface area contributed by atoms with E-state index in [-0.39, 0.29) is 11.9 Å². The summed E-state index contributed by atoms with van der Waals surface area (Å²) in [5, 5.41) is 16.3. The average molecular weight is 389 g/mol. The minimum atomic E-state index is 0.0472. The Morgan fingerprint density at radius 2 is 2.10 bits per heavy atom. The Bertz CT molecular complexity index is 1060. The Labute approximate surface area is 169 Å². The molecule has 2 N–H and O–H groups in total. The lowest BCUT2D eigenvalue weighted by molar-refractivity contribution is -0.122. The molecule has 3 aromatic rings. The SMILES string of the molecule is CNC(=O)CN1CCC(Nc2nccc(-n3ccc4c(C#N)cccc43)n2)CC1. The van der Waals surface area contributed by atoms with E-state index in [9.17, 15) is 10.1 Å². The molecule has 0 bridgehead atoms. The maximum Gasteiger partial charge on any atom is 0.233 e. The summed E-state index contributed by atoms with van der Waals surface area (Å²) in [6.45, 7) is 2.18. The number of likely N-dealkylation sites (N-methyl/N-ethyl adjacent to an activating group) is 1. The number of benzene rings is 1. The first kappa shape index (κ1) is 18.9. The van der Waals surface area contributed by atoms with Gasteiger partial charge in [-0.1, -0.05) is 6.07 Å². The van der Waals surface area contributed by atoms with Gasteiger partial charge < -0.3 is 15.2 Å². The highest BCUT2D eigenvalue weighted by molar-refractivity contribution is 5.87. The molecule has 1 fully saturated rings. The van der Waals surface area contributed by atoms with Gasteiger partial charge in [-0.2, -0.15) is 10.2 Å². The number of fused-ring (bicyclic) bond motifs is 1. The molecule has 4 rings (SSSR count). The van der Waals surface area contributed by atoms with Crippen LogP contribution in [0.2, 0.25) is 0 Å². The van der Waals surface area contributed by atoms with Crippen molar-refractivity contribution in [1.82, 2.24) is 24.8 Å². The molecule has 0 atom stereocenters. The molecule has 1 aromatic carbocycles. The van der Waals surface area contributed by atoms with E-state index >= 15 is 0 Å². The zero-order valence-corrected chi connectivity index (χ0v) is 16.3. The van der Waals surface area contributed by atoms with Crippen molar-refractivity contribution in [3.05, 3.63) is 48.3 Å². The molecule has 1 aliphatic rings. The van der Waals surface area contributed by atoms with Crippen molar-refractivity contribution in [1.29, 1.82) is 5.26 Å². The first-order valence-electron chi connectivity index (χ1n) is 9.71. The molecule has 0 saturated carbocycles. The molecule has 1 amide bonds. The molecular weight excluding hydrogens is 366 g/mol. The fourth-order valence-corrected chi connectivity index (χ4v) is 3.72. The number of rotatable bonds is 5. The van der Waals surface area contributed by atoms with Crippen molar-refractivity contribution >= 4 is 22.8 Å². The van der Waals surface area contributed by atoms with Gasteiger partial charge in [-0.05, 0) is 37.1 Å². The molecular formula is C21H23N7O. The van der Waals surface area contributed by atoms with E-state index in [4.69, 9.17) is 0 Å². The Hall–Kier alpha value is -3.44. The number of piperidine rings is 1. The van der Waals surface area contributed by atoms with Crippen LogP contribution < -0.4 is 10.6 Å². The Morgan fingerprint density at radius 1 is 1.28 bits per heavy atom. The van der Waals surface area contributed by atoms with Gasteiger partial charge >= 0.3 is 0 Å². The van der Waals surface area contributed by atoms with Crippen LogP contribution in [0.1, 0.15) is 18.4 Å². The van der Waals surface area contributed by atoms with Crippen LogP contribution in [0.5, 0.6) is 0 Å². The van der Waals surface area contributed by atoms with Crippen LogP contribution in [0.25, 0.3) is 16.7 Å². The van der Waals surface area contributed by atoms with Gasteiger partial charge in [-0.15, -0.1) is 0 Å². The van der Waals surface area contributed by atoms with Gasteiger partial charge in [0, 0.05) is 44.0 Å². The smallest absolute Gasteiger partial charge is 0.233 e. The first-order chi connectivity index (χ1) is 14.2. The number of carbonyl (C=O) groups excluding carboxylic acids is 1. The van der Waals surface area contributed by atoms with Crippen LogP contribution in [-0.4, -0.2) is 58.1 Å². The van der Waals surface area contributed by atoms with E-state index in [1.54, 1.807) is 13.2 Å². The summed E-state index contributed by atoms with van der Waals surface area (Å²) in [6, 6.07) is 12.0. The molecule has 2 aromatic heterocycles. The van der Waals surface area contributed by atoms with Gasteiger partial charge in [-0.3, -0.25) is 9.69 Å². The van der Waals surface area contributed by atoms with Crippen molar-refractivity contribution in [2.24, 2.45) is 0 Å². The molecule has 0 unspecified atom stereocenters. The number of nitrogens with one attached hydrogen (secondary N) is 2. The molecule has 3 heterocycles. The average Bonchev–Trinajstić information content (AvgIpc) is 3.19. The summed E-state index contributed by atoms with van der Waals surface area (Å²) in [6.07, 6.45) is 5.53. The van der Waals surface area contributed by atoms with E-state index < -0.39 is 0 Å². The number of hydrogen-bond donors (Lipinski definition) is 2. The third kappa shape index (κ3) is 4.05. The monoisotopic (exact) mass is 389 g/mol. The van der Waals surface area contributed by atoms with E-state index in [2.05, 4.69) is 31.6 Å². The lowest BCUT2D eigenvalue weighted by atomic mass is 10.1. The number of aromatic nitrogens is 3. The molecule has 1 saturated heterocycles. The van der Waals surface area contributed by atoms with Crippen molar-refractivity contribution in [3.63, 3.8) is 0 Å². The number of likely N-dealkylation sites (tertiary alicyclic amines) is 1.